The maximum Gasteiger partial charge on any atom is 0.250 e. The molecule has 2 aromatic carbocycles. The molecule has 2 aromatic rings. The van der Waals surface area contributed by atoms with Crippen molar-refractivity contribution in [2.75, 3.05) is 6.26 Å². The van der Waals surface area contributed by atoms with Gasteiger partial charge in [0.2, 0.25) is 5.91 Å². The molecule has 0 aromatic heterocycles. The van der Waals surface area contributed by atoms with E-state index in [0.29, 0.717) is 11.5 Å². The summed E-state index contributed by atoms with van der Waals surface area (Å²) in [5.74, 6) is 0.230. The number of amides is 1. The van der Waals surface area contributed by atoms with Gasteiger partial charge in [0.1, 0.15) is 11.5 Å². The first kappa shape index (κ1) is 16.5. The number of rotatable bonds is 4. The molecular weight excluding hydrogens is 326 g/mol. The summed E-state index contributed by atoms with van der Waals surface area (Å²) in [6, 6.07) is 10.2. The lowest BCUT2D eigenvalue weighted by atomic mass is 9.92. The molecule has 0 atom stereocenters. The molecule has 0 radical (unpaired) electrons. The van der Waals surface area contributed by atoms with Gasteiger partial charge in [-0.3, -0.25) is 4.79 Å². The molecule has 0 aliphatic heterocycles. The molecule has 1 amide bonds. The fraction of sp³-hybridized carbons (Fsp3) is 0.278. The number of hydrogen-bond acceptors (Lipinski definition) is 4. The van der Waals surface area contributed by atoms with Crippen LogP contribution in [0.5, 0.6) is 11.5 Å². The largest absolute Gasteiger partial charge is 0.457 e. The second-order valence-corrected chi connectivity index (χ2v) is 8.02. The quantitative estimate of drug-likeness (QED) is 0.923. The maximum absolute atomic E-state index is 11.9. The molecule has 0 fully saturated rings. The summed E-state index contributed by atoms with van der Waals surface area (Å²) in [5, 5.41) is 0. The number of benzene rings is 2. The van der Waals surface area contributed by atoms with Gasteiger partial charge in [-0.15, -0.1) is 0 Å². The molecule has 0 heterocycles. The van der Waals surface area contributed by atoms with Crippen molar-refractivity contribution in [3.63, 3.8) is 0 Å². The smallest absolute Gasteiger partial charge is 0.250 e. The van der Waals surface area contributed by atoms with E-state index in [1.165, 1.54) is 36.1 Å². The van der Waals surface area contributed by atoms with Crippen molar-refractivity contribution in [2.45, 2.75) is 30.6 Å². The number of primary amides is 1. The molecule has 5 nitrogen and oxygen atoms in total. The predicted molar refractivity (Wildman–Crippen MR) is 91.2 cm³/mol. The minimum Gasteiger partial charge on any atom is -0.457 e. The Morgan fingerprint density at radius 2 is 1.62 bits per heavy atom. The van der Waals surface area contributed by atoms with E-state index in [2.05, 4.69) is 6.07 Å². The summed E-state index contributed by atoms with van der Waals surface area (Å²) < 4.78 is 29.6. The van der Waals surface area contributed by atoms with Gasteiger partial charge in [0.05, 0.1) is 10.5 Å². The second kappa shape index (κ2) is 6.28. The van der Waals surface area contributed by atoms with Gasteiger partial charge < -0.3 is 10.5 Å². The molecule has 0 saturated heterocycles. The van der Waals surface area contributed by atoms with Gasteiger partial charge in [-0.1, -0.05) is 6.07 Å². The lowest BCUT2D eigenvalue weighted by Crippen LogP contribution is -2.15. The van der Waals surface area contributed by atoms with Crippen molar-refractivity contribution < 1.29 is 17.9 Å². The van der Waals surface area contributed by atoms with Gasteiger partial charge in [0.15, 0.2) is 9.84 Å². The summed E-state index contributed by atoms with van der Waals surface area (Å²) in [6.07, 6.45) is 5.53. The summed E-state index contributed by atoms with van der Waals surface area (Å²) in [4.78, 5) is 11.3. The third-order valence-corrected chi connectivity index (χ3v) is 5.31. The maximum atomic E-state index is 11.9. The number of fused-ring (bicyclic) bond motifs is 1. The zero-order valence-corrected chi connectivity index (χ0v) is 14.2. The number of hydrogen-bond donors (Lipinski definition) is 1. The van der Waals surface area contributed by atoms with E-state index in [4.69, 9.17) is 10.5 Å². The Morgan fingerprint density at radius 3 is 2.29 bits per heavy atom. The molecule has 6 heteroatoms. The minimum absolute atomic E-state index is 0.0321. The van der Waals surface area contributed by atoms with E-state index < -0.39 is 15.7 Å². The van der Waals surface area contributed by atoms with Crippen molar-refractivity contribution >= 4 is 15.7 Å². The number of carbonyl (C=O) groups is 1. The molecular formula is C18H19NO4S. The van der Waals surface area contributed by atoms with Crippen LogP contribution in [0.1, 0.15) is 34.3 Å². The Kier molecular flexibility index (Phi) is 4.32. The molecule has 0 bridgehead atoms. The number of aryl methyl sites for hydroxylation is 2. The number of carbonyl (C=O) groups excluding carboxylic acids is 1. The van der Waals surface area contributed by atoms with E-state index in [-0.39, 0.29) is 10.5 Å². The van der Waals surface area contributed by atoms with Gasteiger partial charge in [-0.2, -0.15) is 0 Å². The highest BCUT2D eigenvalue weighted by atomic mass is 32.2. The van der Waals surface area contributed by atoms with Gasteiger partial charge in [-0.05, 0) is 61.1 Å². The molecule has 1 aliphatic carbocycles. The van der Waals surface area contributed by atoms with Crippen LogP contribution in [0.4, 0.5) is 0 Å². The van der Waals surface area contributed by atoms with E-state index in [1.54, 1.807) is 6.07 Å². The Morgan fingerprint density at radius 1 is 1.00 bits per heavy atom. The number of nitrogens with two attached hydrogens (primary N) is 1. The highest BCUT2D eigenvalue weighted by Gasteiger charge is 2.18. The van der Waals surface area contributed by atoms with Crippen molar-refractivity contribution in [1.29, 1.82) is 0 Å². The van der Waals surface area contributed by atoms with Crippen LogP contribution in [0.2, 0.25) is 0 Å². The Bertz CT molecular complexity index is 903. The number of sulfone groups is 1. The summed E-state index contributed by atoms with van der Waals surface area (Å²) in [5.41, 5.74) is 7.83. The first-order chi connectivity index (χ1) is 11.3. The summed E-state index contributed by atoms with van der Waals surface area (Å²) in [6.45, 7) is 0. The van der Waals surface area contributed by atoms with Crippen LogP contribution in [0.15, 0.2) is 41.3 Å². The minimum atomic E-state index is -3.59. The highest BCUT2D eigenvalue weighted by Crippen LogP contribution is 2.30. The fourth-order valence-electron chi connectivity index (χ4n) is 2.99. The first-order valence-corrected chi connectivity index (χ1v) is 9.67. The van der Waals surface area contributed by atoms with E-state index in [0.717, 1.165) is 19.1 Å². The highest BCUT2D eigenvalue weighted by molar-refractivity contribution is 7.90. The van der Waals surface area contributed by atoms with Crippen LogP contribution in [0.25, 0.3) is 0 Å². The second-order valence-electron chi connectivity index (χ2n) is 6.03. The van der Waals surface area contributed by atoms with Crippen LogP contribution in [-0.4, -0.2) is 20.6 Å². The lowest BCUT2D eigenvalue weighted by Gasteiger charge is -2.17. The predicted octanol–water partition coefficient (Wildman–Crippen LogP) is 2.86. The monoisotopic (exact) mass is 345 g/mol. The van der Waals surface area contributed by atoms with Gasteiger partial charge >= 0.3 is 0 Å². The Hall–Kier alpha value is -2.34. The number of ether oxygens (including phenoxy) is 1. The topological polar surface area (TPSA) is 86.5 Å². The molecule has 2 N–H and O–H groups in total. The molecule has 0 spiro atoms. The summed E-state index contributed by atoms with van der Waals surface area (Å²) >= 11 is 0. The van der Waals surface area contributed by atoms with E-state index in [9.17, 15) is 13.2 Å². The molecule has 24 heavy (non-hydrogen) atoms. The fourth-order valence-corrected chi connectivity index (χ4v) is 3.88. The van der Waals surface area contributed by atoms with E-state index in [1.807, 2.05) is 12.1 Å². The van der Waals surface area contributed by atoms with Crippen LogP contribution in [0, 0.1) is 0 Å². The zero-order valence-electron chi connectivity index (χ0n) is 13.4. The third kappa shape index (κ3) is 3.43. The average molecular weight is 345 g/mol. The van der Waals surface area contributed by atoms with Crippen LogP contribution >= 0.6 is 0 Å². The van der Waals surface area contributed by atoms with Crippen LogP contribution in [0.3, 0.4) is 0 Å². The standard InChI is InChI=1S/C18H19NO4S/c1-24(21,22)17-11-15(8-9-16(17)18(19)20)23-14-7-6-12-4-2-3-5-13(12)10-14/h6-11H,2-5H2,1H3,(H2,19,20). The van der Waals surface area contributed by atoms with Crippen molar-refractivity contribution in [2.24, 2.45) is 5.73 Å². The molecule has 1 aliphatic rings. The van der Waals surface area contributed by atoms with Crippen LogP contribution in [-0.2, 0) is 22.7 Å². The Labute approximate surface area is 141 Å². The average Bonchev–Trinajstić information content (AvgIpc) is 2.53. The van der Waals surface area contributed by atoms with Gasteiger partial charge in [0, 0.05) is 12.3 Å². The molecule has 3 rings (SSSR count). The van der Waals surface area contributed by atoms with Crippen molar-refractivity contribution in [3.05, 3.63) is 53.1 Å². The van der Waals surface area contributed by atoms with Gasteiger partial charge in [0.25, 0.3) is 0 Å². The Balaban J connectivity index is 1.95. The molecule has 126 valence electrons. The van der Waals surface area contributed by atoms with Crippen molar-refractivity contribution in [3.8, 4) is 11.5 Å². The first-order valence-electron chi connectivity index (χ1n) is 7.78. The van der Waals surface area contributed by atoms with Crippen molar-refractivity contribution in [1.82, 2.24) is 0 Å². The normalized spacial score (nSPS) is 14.0. The summed E-state index contributed by atoms with van der Waals surface area (Å²) in [7, 11) is -3.59. The SMILES string of the molecule is CS(=O)(=O)c1cc(Oc2ccc3c(c2)CCCC3)ccc1C(N)=O. The lowest BCUT2D eigenvalue weighted by molar-refractivity contribution is 0.0997. The third-order valence-electron chi connectivity index (χ3n) is 4.17. The van der Waals surface area contributed by atoms with E-state index >= 15 is 0 Å². The zero-order chi connectivity index (χ0) is 17.3. The van der Waals surface area contributed by atoms with Crippen LogP contribution < -0.4 is 10.5 Å². The van der Waals surface area contributed by atoms with Gasteiger partial charge in [-0.25, -0.2) is 8.42 Å². The molecule has 0 unspecified atom stereocenters. The molecule has 0 saturated carbocycles.